The fraction of sp³-hybridized carbons (Fsp3) is 0.167. The van der Waals surface area contributed by atoms with Crippen molar-refractivity contribution in [2.24, 2.45) is 5.84 Å². The van der Waals surface area contributed by atoms with Crippen molar-refractivity contribution in [2.75, 3.05) is 5.43 Å². The molecule has 88 valence electrons. The summed E-state index contributed by atoms with van der Waals surface area (Å²) in [4.78, 5) is 8.18. The molecule has 0 fully saturated rings. The van der Waals surface area contributed by atoms with Crippen LogP contribution in [0.25, 0.3) is 0 Å². The standard InChI is InChI=1S/C12H14N4O/c1-9-7-11(15-12(14-9)16-13)17-8-10-5-3-2-4-6-10/h2-7H,8,13H2,1H3,(H,14,15,16). The second-order valence-electron chi connectivity index (χ2n) is 3.59. The van der Waals surface area contributed by atoms with Crippen molar-refractivity contribution in [3.05, 3.63) is 47.7 Å². The molecule has 0 aliphatic heterocycles. The Morgan fingerprint density at radius 2 is 2.00 bits per heavy atom. The molecule has 0 bridgehead atoms. The van der Waals surface area contributed by atoms with Gasteiger partial charge in [-0.15, -0.1) is 0 Å². The minimum atomic E-state index is 0.355. The molecule has 0 saturated heterocycles. The van der Waals surface area contributed by atoms with Crippen molar-refractivity contribution in [2.45, 2.75) is 13.5 Å². The summed E-state index contributed by atoms with van der Waals surface area (Å²) in [5.41, 5.74) is 4.29. The van der Waals surface area contributed by atoms with Gasteiger partial charge in [0.05, 0.1) is 0 Å². The first-order valence-electron chi connectivity index (χ1n) is 5.27. The predicted octanol–water partition coefficient (Wildman–Crippen LogP) is 1.65. The lowest BCUT2D eigenvalue weighted by Crippen LogP contribution is -2.11. The molecule has 0 spiro atoms. The highest BCUT2D eigenvalue weighted by Gasteiger charge is 2.02. The van der Waals surface area contributed by atoms with E-state index in [2.05, 4.69) is 15.4 Å². The summed E-state index contributed by atoms with van der Waals surface area (Å²) < 4.78 is 5.57. The average molecular weight is 230 g/mol. The number of rotatable bonds is 4. The van der Waals surface area contributed by atoms with E-state index < -0.39 is 0 Å². The largest absolute Gasteiger partial charge is 0.473 e. The van der Waals surface area contributed by atoms with Crippen molar-refractivity contribution >= 4 is 5.95 Å². The molecule has 2 rings (SSSR count). The Bertz CT molecular complexity index is 487. The van der Waals surface area contributed by atoms with E-state index in [1.165, 1.54) is 0 Å². The van der Waals surface area contributed by atoms with Gasteiger partial charge in [-0.1, -0.05) is 30.3 Å². The second kappa shape index (κ2) is 5.27. The van der Waals surface area contributed by atoms with Crippen LogP contribution in [-0.2, 0) is 6.61 Å². The highest BCUT2D eigenvalue weighted by molar-refractivity contribution is 5.29. The zero-order chi connectivity index (χ0) is 12.1. The zero-order valence-electron chi connectivity index (χ0n) is 9.55. The van der Waals surface area contributed by atoms with E-state index in [0.29, 0.717) is 18.4 Å². The maximum atomic E-state index is 5.57. The quantitative estimate of drug-likeness (QED) is 0.617. The number of benzene rings is 1. The minimum Gasteiger partial charge on any atom is -0.473 e. The molecule has 5 heteroatoms. The fourth-order valence-electron chi connectivity index (χ4n) is 1.41. The van der Waals surface area contributed by atoms with E-state index in [0.717, 1.165) is 11.3 Å². The number of nitrogen functional groups attached to an aromatic ring is 1. The van der Waals surface area contributed by atoms with Crippen LogP contribution < -0.4 is 16.0 Å². The highest BCUT2D eigenvalue weighted by Crippen LogP contribution is 2.13. The van der Waals surface area contributed by atoms with Crippen LogP contribution in [0.15, 0.2) is 36.4 Å². The maximum absolute atomic E-state index is 5.57. The van der Waals surface area contributed by atoms with E-state index in [-0.39, 0.29) is 0 Å². The number of aromatic nitrogens is 2. The number of hydrogen-bond donors (Lipinski definition) is 2. The number of anilines is 1. The Hall–Kier alpha value is -2.14. The third-order valence-electron chi connectivity index (χ3n) is 2.19. The number of aryl methyl sites for hydroxylation is 1. The maximum Gasteiger partial charge on any atom is 0.240 e. The normalized spacial score (nSPS) is 10.0. The number of hydrogen-bond acceptors (Lipinski definition) is 5. The molecular weight excluding hydrogens is 216 g/mol. The molecular formula is C12H14N4O. The average Bonchev–Trinajstić information content (AvgIpc) is 2.37. The Kier molecular flexibility index (Phi) is 3.52. The van der Waals surface area contributed by atoms with Gasteiger partial charge < -0.3 is 4.74 Å². The minimum absolute atomic E-state index is 0.355. The third kappa shape index (κ3) is 3.15. The fourth-order valence-corrected chi connectivity index (χ4v) is 1.41. The molecule has 0 amide bonds. The van der Waals surface area contributed by atoms with Gasteiger partial charge in [0, 0.05) is 11.8 Å². The molecule has 0 radical (unpaired) electrons. The van der Waals surface area contributed by atoms with Gasteiger partial charge in [0.2, 0.25) is 11.8 Å². The summed E-state index contributed by atoms with van der Waals surface area (Å²) in [5.74, 6) is 6.13. The van der Waals surface area contributed by atoms with Crippen LogP contribution in [0.1, 0.15) is 11.3 Å². The van der Waals surface area contributed by atoms with Crippen LogP contribution in [0.4, 0.5) is 5.95 Å². The summed E-state index contributed by atoms with van der Waals surface area (Å²) in [7, 11) is 0. The first-order valence-corrected chi connectivity index (χ1v) is 5.27. The topological polar surface area (TPSA) is 73.1 Å². The van der Waals surface area contributed by atoms with Gasteiger partial charge in [-0.3, -0.25) is 5.43 Å². The van der Waals surface area contributed by atoms with E-state index in [1.807, 2.05) is 37.3 Å². The van der Waals surface area contributed by atoms with E-state index >= 15 is 0 Å². The molecule has 0 saturated carbocycles. The highest BCUT2D eigenvalue weighted by atomic mass is 16.5. The van der Waals surface area contributed by atoms with Gasteiger partial charge in [0.1, 0.15) is 6.61 Å². The summed E-state index contributed by atoms with van der Waals surface area (Å²) >= 11 is 0. The summed E-state index contributed by atoms with van der Waals surface area (Å²) in [6, 6.07) is 11.7. The molecule has 3 N–H and O–H groups in total. The summed E-state index contributed by atoms with van der Waals surface area (Å²) in [6.45, 7) is 2.33. The Morgan fingerprint density at radius 1 is 1.24 bits per heavy atom. The van der Waals surface area contributed by atoms with Gasteiger partial charge >= 0.3 is 0 Å². The lowest BCUT2D eigenvalue weighted by Gasteiger charge is -2.07. The first-order chi connectivity index (χ1) is 8.28. The molecule has 1 aromatic heterocycles. The third-order valence-corrected chi connectivity index (χ3v) is 2.19. The van der Waals surface area contributed by atoms with Crippen LogP contribution in [0.2, 0.25) is 0 Å². The Labute approximate surface area is 99.6 Å². The van der Waals surface area contributed by atoms with Crippen molar-refractivity contribution in [3.63, 3.8) is 0 Å². The zero-order valence-corrected chi connectivity index (χ0v) is 9.55. The molecule has 0 aliphatic carbocycles. The molecule has 0 aliphatic rings. The molecule has 1 aromatic carbocycles. The predicted molar refractivity (Wildman–Crippen MR) is 65.4 cm³/mol. The van der Waals surface area contributed by atoms with E-state index in [9.17, 15) is 0 Å². The van der Waals surface area contributed by atoms with Crippen molar-refractivity contribution in [1.29, 1.82) is 0 Å². The van der Waals surface area contributed by atoms with E-state index in [4.69, 9.17) is 10.6 Å². The molecule has 0 unspecified atom stereocenters. The van der Waals surface area contributed by atoms with Gasteiger partial charge in [0.15, 0.2) is 0 Å². The van der Waals surface area contributed by atoms with Crippen LogP contribution in [0, 0.1) is 6.92 Å². The summed E-state index contributed by atoms with van der Waals surface area (Å²) in [5, 5.41) is 0. The monoisotopic (exact) mass is 230 g/mol. The van der Waals surface area contributed by atoms with Gasteiger partial charge in [0.25, 0.3) is 0 Å². The lowest BCUT2D eigenvalue weighted by molar-refractivity contribution is 0.293. The van der Waals surface area contributed by atoms with Gasteiger partial charge in [-0.2, -0.15) is 4.98 Å². The molecule has 1 heterocycles. The Morgan fingerprint density at radius 3 is 2.71 bits per heavy atom. The SMILES string of the molecule is Cc1cc(OCc2ccccc2)nc(NN)n1. The van der Waals surface area contributed by atoms with Crippen LogP contribution >= 0.6 is 0 Å². The van der Waals surface area contributed by atoms with Crippen molar-refractivity contribution < 1.29 is 4.74 Å². The van der Waals surface area contributed by atoms with Gasteiger partial charge in [-0.25, -0.2) is 10.8 Å². The number of nitrogens with two attached hydrogens (primary N) is 1. The second-order valence-corrected chi connectivity index (χ2v) is 3.59. The van der Waals surface area contributed by atoms with E-state index in [1.54, 1.807) is 6.07 Å². The number of nitrogens with one attached hydrogen (secondary N) is 1. The molecule has 5 nitrogen and oxygen atoms in total. The molecule has 17 heavy (non-hydrogen) atoms. The lowest BCUT2D eigenvalue weighted by atomic mass is 10.2. The Balaban J connectivity index is 2.06. The molecule has 2 aromatic rings. The molecule has 0 atom stereocenters. The summed E-state index contributed by atoms with van der Waals surface area (Å²) in [6.07, 6.45) is 0. The first kappa shape index (κ1) is 11.3. The smallest absolute Gasteiger partial charge is 0.240 e. The van der Waals surface area contributed by atoms with Crippen LogP contribution in [0.5, 0.6) is 5.88 Å². The van der Waals surface area contributed by atoms with Gasteiger partial charge in [-0.05, 0) is 12.5 Å². The van der Waals surface area contributed by atoms with Crippen LogP contribution in [-0.4, -0.2) is 9.97 Å². The number of nitrogens with zero attached hydrogens (tertiary/aromatic N) is 2. The van der Waals surface area contributed by atoms with Crippen LogP contribution in [0.3, 0.4) is 0 Å². The van der Waals surface area contributed by atoms with Crippen molar-refractivity contribution in [3.8, 4) is 5.88 Å². The number of hydrazine groups is 1. The van der Waals surface area contributed by atoms with Crippen molar-refractivity contribution in [1.82, 2.24) is 9.97 Å². The number of ether oxygens (including phenoxy) is 1.